The summed E-state index contributed by atoms with van der Waals surface area (Å²) in [5.74, 6) is -1.96. The van der Waals surface area contributed by atoms with Gasteiger partial charge in [0.25, 0.3) is 5.56 Å². The van der Waals surface area contributed by atoms with Crippen molar-refractivity contribution in [3.8, 4) is 11.8 Å². The molecule has 0 saturated carbocycles. The molecule has 0 amide bonds. The molecule has 2 heterocycles. The number of thiophene rings is 1. The first kappa shape index (κ1) is 30.7. The number of fused-ring (bicyclic) bond motifs is 1. The zero-order valence-electron chi connectivity index (χ0n) is 23.1. The van der Waals surface area contributed by atoms with E-state index < -0.39 is 34.7 Å². The average molecular weight is 574 g/mol. The van der Waals surface area contributed by atoms with Gasteiger partial charge in [-0.1, -0.05) is 6.92 Å². The third-order valence-electron chi connectivity index (χ3n) is 6.61. The number of esters is 1. The summed E-state index contributed by atoms with van der Waals surface area (Å²) >= 11 is 0.883. The number of carbonyl (C=O) groups excluding carboxylic acids is 2. The Labute approximate surface area is 234 Å². The number of phenols is 1. The van der Waals surface area contributed by atoms with Crippen LogP contribution in [0.4, 0.5) is 4.39 Å². The Kier molecular flexibility index (Phi) is 9.65. The maximum Gasteiger partial charge on any atom is 0.348 e. The number of rotatable bonds is 12. The van der Waals surface area contributed by atoms with Crippen molar-refractivity contribution in [3.63, 3.8) is 0 Å². The Morgan fingerprint density at radius 3 is 2.58 bits per heavy atom. The van der Waals surface area contributed by atoms with Crippen molar-refractivity contribution in [2.75, 3.05) is 13.2 Å². The largest absolute Gasteiger partial charge is 0.508 e. The van der Waals surface area contributed by atoms with Gasteiger partial charge in [0.05, 0.1) is 37.6 Å². The molecular weight excluding hydrogens is 541 g/mol. The number of nitrogens with zero attached hydrogens (tertiary/aromatic N) is 3. The average Bonchev–Trinajstić information content (AvgIpc) is 3.24. The van der Waals surface area contributed by atoms with Gasteiger partial charge in [0.15, 0.2) is 5.78 Å². The number of ketones is 1. The lowest BCUT2D eigenvalue weighted by molar-refractivity contribution is -0.126. The van der Waals surface area contributed by atoms with Gasteiger partial charge < -0.3 is 14.6 Å². The molecule has 12 heteroatoms. The van der Waals surface area contributed by atoms with E-state index in [4.69, 9.17) is 14.7 Å². The van der Waals surface area contributed by atoms with Crippen LogP contribution < -0.4 is 11.2 Å². The molecule has 0 unspecified atom stereocenters. The number of Topliss-reactive ketones (excluding diaryl/α,β-unsaturated/α-hetero) is 1. The van der Waals surface area contributed by atoms with Gasteiger partial charge in [-0.05, 0) is 57.9 Å². The third kappa shape index (κ3) is 5.85. The molecule has 0 fully saturated rings. The van der Waals surface area contributed by atoms with Gasteiger partial charge in [-0.25, -0.2) is 18.5 Å². The summed E-state index contributed by atoms with van der Waals surface area (Å²) in [5, 5.41) is 19.6. The lowest BCUT2D eigenvalue weighted by Gasteiger charge is -2.27. The van der Waals surface area contributed by atoms with Gasteiger partial charge in [-0.2, -0.15) is 5.26 Å². The topological polar surface area (TPSA) is 141 Å². The van der Waals surface area contributed by atoms with Crippen molar-refractivity contribution in [1.82, 2.24) is 9.13 Å². The number of aryl methyl sites for hydroxylation is 1. The second-order valence-corrected chi connectivity index (χ2v) is 10.7. The van der Waals surface area contributed by atoms with E-state index in [9.17, 15) is 28.7 Å². The molecule has 3 aromatic rings. The molecule has 0 radical (unpaired) electrons. The number of carbonyl (C=O) groups is 2. The number of benzene rings is 1. The van der Waals surface area contributed by atoms with Crippen LogP contribution in [0, 0.1) is 24.1 Å². The molecule has 0 aliphatic heterocycles. The summed E-state index contributed by atoms with van der Waals surface area (Å²) in [6, 6.07) is 5.20. The van der Waals surface area contributed by atoms with Crippen LogP contribution in [0.15, 0.2) is 27.8 Å². The van der Waals surface area contributed by atoms with Crippen LogP contribution in [-0.2, 0) is 26.4 Å². The van der Waals surface area contributed by atoms with Crippen molar-refractivity contribution in [2.24, 2.45) is 0 Å². The van der Waals surface area contributed by atoms with Crippen molar-refractivity contribution in [1.29, 1.82) is 5.26 Å². The first-order valence-corrected chi connectivity index (χ1v) is 13.7. The fourth-order valence-corrected chi connectivity index (χ4v) is 5.68. The van der Waals surface area contributed by atoms with Crippen molar-refractivity contribution < 1.29 is 28.6 Å². The van der Waals surface area contributed by atoms with E-state index in [1.165, 1.54) is 18.4 Å². The highest BCUT2D eigenvalue weighted by atomic mass is 32.1. The molecule has 10 nitrogen and oxygen atoms in total. The highest BCUT2D eigenvalue weighted by molar-refractivity contribution is 7.20. The molecule has 40 heavy (non-hydrogen) atoms. The van der Waals surface area contributed by atoms with Crippen molar-refractivity contribution in [2.45, 2.75) is 72.1 Å². The Balaban J connectivity index is 2.38. The molecule has 1 aromatic carbocycles. The van der Waals surface area contributed by atoms with Gasteiger partial charge in [0.2, 0.25) is 0 Å². The maximum atomic E-state index is 14.2. The number of halogens is 1. The van der Waals surface area contributed by atoms with Crippen LogP contribution in [0.3, 0.4) is 0 Å². The number of aromatic nitrogens is 2. The zero-order chi connectivity index (χ0) is 29.8. The van der Waals surface area contributed by atoms with Crippen LogP contribution in [0.25, 0.3) is 10.2 Å². The third-order valence-corrected chi connectivity index (χ3v) is 7.90. The Hall–Kier alpha value is -3.82. The van der Waals surface area contributed by atoms with Crippen LogP contribution in [0.1, 0.15) is 73.9 Å². The fourth-order valence-electron chi connectivity index (χ4n) is 4.49. The van der Waals surface area contributed by atoms with Crippen LogP contribution in [-0.4, -0.2) is 39.2 Å². The highest BCUT2D eigenvalue weighted by Crippen LogP contribution is 2.33. The quantitative estimate of drug-likeness (QED) is 0.249. The number of ether oxygens (including phenoxy) is 2. The molecule has 1 atom stereocenters. The predicted molar refractivity (Wildman–Crippen MR) is 147 cm³/mol. The summed E-state index contributed by atoms with van der Waals surface area (Å²) in [6.07, 6.45) is -0.505. The molecule has 3 rings (SSSR count). The van der Waals surface area contributed by atoms with E-state index >= 15 is 0 Å². The van der Waals surface area contributed by atoms with Gasteiger partial charge in [-0.15, -0.1) is 11.3 Å². The summed E-state index contributed by atoms with van der Waals surface area (Å²) in [4.78, 5) is 53.9. The van der Waals surface area contributed by atoms with E-state index in [0.717, 1.165) is 34.1 Å². The molecule has 1 N–H and O–H groups in total. The lowest BCUT2D eigenvalue weighted by atomic mass is 9.95. The number of hydrogen-bond donors (Lipinski definition) is 1. The van der Waals surface area contributed by atoms with E-state index in [2.05, 4.69) is 0 Å². The monoisotopic (exact) mass is 573 g/mol. The van der Waals surface area contributed by atoms with Crippen molar-refractivity contribution >= 4 is 33.3 Å². The smallest absolute Gasteiger partial charge is 0.348 e. The summed E-state index contributed by atoms with van der Waals surface area (Å²) < 4.78 is 27.2. The molecular formula is C28H32FN3O7S. The van der Waals surface area contributed by atoms with Crippen LogP contribution in [0.5, 0.6) is 5.75 Å². The van der Waals surface area contributed by atoms with Crippen LogP contribution >= 0.6 is 11.3 Å². The molecule has 0 spiro atoms. The summed E-state index contributed by atoms with van der Waals surface area (Å²) in [7, 11) is 0. The standard InChI is InChI=1S/C28H32FN3O7S/c1-6-9-21(34)28(4,5)32-24(35)22-16(3)23(26(36)38-7-2)40-25(22)31(27(32)37)15-20(39-13-8-12-30)18-14-17(29)10-11-19(18)33/h10-11,14,20,33H,6-9,13,15H2,1-5H3/t20-/m0/s1. The van der Waals surface area contributed by atoms with Gasteiger partial charge in [0.1, 0.15) is 32.9 Å². The van der Waals surface area contributed by atoms with Crippen molar-refractivity contribution in [3.05, 3.63) is 60.9 Å². The van der Waals surface area contributed by atoms with Crippen LogP contribution in [0.2, 0.25) is 0 Å². The first-order valence-electron chi connectivity index (χ1n) is 12.9. The van der Waals surface area contributed by atoms with E-state index in [0.29, 0.717) is 12.0 Å². The fraction of sp³-hybridized carbons (Fsp3) is 0.464. The molecule has 0 aliphatic carbocycles. The normalized spacial score (nSPS) is 12.3. The number of hydrogen-bond acceptors (Lipinski definition) is 9. The number of nitriles is 1. The SMILES string of the molecule is CCCC(=O)C(C)(C)n1c(=O)c2c(C)c(C(=O)OCC)sc2n(C[C@H](OCCC#N)c2cc(F)ccc2O)c1=O. The Bertz CT molecular complexity index is 1600. The van der Waals surface area contributed by atoms with E-state index in [1.54, 1.807) is 13.8 Å². The maximum absolute atomic E-state index is 14.2. The van der Waals surface area contributed by atoms with Gasteiger partial charge in [-0.3, -0.25) is 14.2 Å². The minimum absolute atomic E-state index is 0.0138. The predicted octanol–water partition coefficient (Wildman–Crippen LogP) is 4.33. The minimum Gasteiger partial charge on any atom is -0.508 e. The number of aromatic hydroxyl groups is 1. The van der Waals surface area contributed by atoms with Gasteiger partial charge >= 0.3 is 11.7 Å². The molecule has 214 valence electrons. The minimum atomic E-state index is -1.53. The Morgan fingerprint density at radius 2 is 1.95 bits per heavy atom. The van der Waals surface area contributed by atoms with E-state index in [-0.39, 0.29) is 64.8 Å². The zero-order valence-corrected chi connectivity index (χ0v) is 23.9. The lowest BCUT2D eigenvalue weighted by Crippen LogP contribution is -2.52. The second-order valence-electron chi connectivity index (χ2n) is 9.69. The van der Waals surface area contributed by atoms with Gasteiger partial charge in [0, 0.05) is 12.0 Å². The summed E-state index contributed by atoms with van der Waals surface area (Å²) in [6.45, 7) is 7.66. The Morgan fingerprint density at radius 1 is 1.25 bits per heavy atom. The molecule has 0 bridgehead atoms. The van der Waals surface area contributed by atoms with E-state index in [1.807, 2.05) is 13.0 Å². The summed E-state index contributed by atoms with van der Waals surface area (Å²) in [5.41, 5.74) is -2.79. The highest BCUT2D eigenvalue weighted by Gasteiger charge is 2.35. The first-order chi connectivity index (χ1) is 18.9. The number of phenolic OH excluding ortho intramolecular Hbond substituents is 1. The molecule has 0 aliphatic rings. The second kappa shape index (κ2) is 12.6. The molecule has 0 saturated heterocycles. The molecule has 2 aromatic heterocycles.